The number of methoxy groups -OCH3 is 1. The van der Waals surface area contributed by atoms with Gasteiger partial charge in [0.1, 0.15) is 29.4 Å². The molecule has 1 amide bonds. The molecule has 0 bridgehead atoms. The molecule has 272 valence electrons. The Kier molecular flexibility index (Phi) is 11.9. The number of amides is 1. The van der Waals surface area contributed by atoms with Gasteiger partial charge < -0.3 is 24.8 Å². The molecule has 0 saturated carbocycles. The molecule has 0 aliphatic carbocycles. The van der Waals surface area contributed by atoms with Crippen LogP contribution in [0.25, 0.3) is 0 Å². The Labute approximate surface area is 307 Å². The maximum absolute atomic E-state index is 16.0. The van der Waals surface area contributed by atoms with E-state index in [-0.39, 0.29) is 50.8 Å². The number of anilines is 1. The van der Waals surface area contributed by atoms with Gasteiger partial charge in [0.25, 0.3) is 0 Å². The monoisotopic (exact) mass is 742 g/mol. The lowest BCUT2D eigenvalue weighted by molar-refractivity contribution is -0.118. The van der Waals surface area contributed by atoms with Crippen LogP contribution >= 0.6 is 23.2 Å². The van der Waals surface area contributed by atoms with E-state index in [0.717, 1.165) is 19.2 Å². The standard InChI is InChI=1S/C38H42Cl2F2N4O5/c1-22(46-13-15-50-16-14-46)20-51-36(48)23-9-12-29(30(17-23)49-5)44-35(47)34-32(25-7-6-8-27(40)33(25)42)38(21-43,31(45-34)19-37(2,3)4)26-11-10-24(39)18-28(26)41/h6-12,17-18,22,31-32,34,45H,13-16,19-20H2,1-5H3,(H,44,47)/t22?,31-,32-,34+,38-/m0/s1. The average molecular weight is 744 g/mol. The lowest BCUT2D eigenvalue weighted by atomic mass is 9.62. The van der Waals surface area contributed by atoms with Crippen LogP contribution < -0.4 is 15.4 Å². The molecule has 2 aliphatic heterocycles. The third-order valence-electron chi connectivity index (χ3n) is 9.55. The summed E-state index contributed by atoms with van der Waals surface area (Å²) in [6.07, 6.45) is 0.315. The summed E-state index contributed by atoms with van der Waals surface area (Å²) in [4.78, 5) is 29.6. The van der Waals surface area contributed by atoms with Gasteiger partial charge in [-0.05, 0) is 60.7 Å². The molecule has 5 rings (SSSR count). The Hall–Kier alpha value is -3.79. The zero-order valence-electron chi connectivity index (χ0n) is 29.2. The first-order chi connectivity index (χ1) is 24.2. The number of ether oxygens (including phenoxy) is 3. The van der Waals surface area contributed by atoms with E-state index in [0.29, 0.717) is 19.6 Å². The Morgan fingerprint density at radius 1 is 1.14 bits per heavy atom. The summed E-state index contributed by atoms with van der Waals surface area (Å²) in [5.41, 5.74) is -1.82. The predicted octanol–water partition coefficient (Wildman–Crippen LogP) is 7.12. The summed E-state index contributed by atoms with van der Waals surface area (Å²) in [5, 5.41) is 17.1. The quantitative estimate of drug-likeness (QED) is 0.211. The Bertz CT molecular complexity index is 1810. The molecule has 3 aromatic rings. The first-order valence-corrected chi connectivity index (χ1v) is 17.5. The van der Waals surface area contributed by atoms with E-state index in [1.807, 2.05) is 27.7 Å². The van der Waals surface area contributed by atoms with E-state index in [1.165, 1.54) is 55.6 Å². The number of carbonyl (C=O) groups excluding carboxylic acids is 2. The number of nitriles is 1. The molecule has 9 nitrogen and oxygen atoms in total. The van der Waals surface area contributed by atoms with Crippen LogP contribution in [0.5, 0.6) is 5.75 Å². The molecule has 5 atom stereocenters. The van der Waals surface area contributed by atoms with Gasteiger partial charge in [0.05, 0.1) is 48.7 Å². The summed E-state index contributed by atoms with van der Waals surface area (Å²) in [6, 6.07) is 13.0. The zero-order chi connectivity index (χ0) is 37.1. The van der Waals surface area contributed by atoms with Crippen molar-refractivity contribution >= 4 is 40.8 Å². The Balaban J connectivity index is 1.50. The van der Waals surface area contributed by atoms with Crippen LogP contribution in [0.2, 0.25) is 10.0 Å². The van der Waals surface area contributed by atoms with Crippen LogP contribution in [-0.4, -0.2) is 74.9 Å². The molecule has 1 unspecified atom stereocenters. The summed E-state index contributed by atoms with van der Waals surface area (Å²) in [7, 11) is 1.39. The van der Waals surface area contributed by atoms with Crippen molar-refractivity contribution in [2.45, 2.75) is 63.6 Å². The number of nitrogens with one attached hydrogen (secondary N) is 2. The second kappa shape index (κ2) is 15.8. The van der Waals surface area contributed by atoms with Crippen molar-refractivity contribution in [3.63, 3.8) is 0 Å². The predicted molar refractivity (Wildman–Crippen MR) is 191 cm³/mol. The second-order valence-electron chi connectivity index (χ2n) is 14.2. The van der Waals surface area contributed by atoms with Crippen molar-refractivity contribution in [2.24, 2.45) is 5.41 Å². The van der Waals surface area contributed by atoms with Crippen LogP contribution in [0.3, 0.4) is 0 Å². The minimum Gasteiger partial charge on any atom is -0.495 e. The number of morpholine rings is 1. The fourth-order valence-corrected chi connectivity index (χ4v) is 7.43. The third-order valence-corrected chi connectivity index (χ3v) is 10.1. The van der Waals surface area contributed by atoms with E-state index < -0.39 is 52.3 Å². The van der Waals surface area contributed by atoms with Crippen LogP contribution in [0.1, 0.15) is 61.5 Å². The molecule has 13 heteroatoms. The molecule has 0 aromatic heterocycles. The molecule has 2 N–H and O–H groups in total. The third kappa shape index (κ3) is 8.16. The topological polar surface area (TPSA) is 113 Å². The Morgan fingerprint density at radius 2 is 1.86 bits per heavy atom. The van der Waals surface area contributed by atoms with E-state index >= 15 is 8.78 Å². The summed E-state index contributed by atoms with van der Waals surface area (Å²) in [6.45, 7) is 10.8. The maximum atomic E-state index is 16.0. The van der Waals surface area contributed by atoms with Crippen molar-refractivity contribution in [3.8, 4) is 11.8 Å². The van der Waals surface area contributed by atoms with E-state index in [9.17, 15) is 14.9 Å². The van der Waals surface area contributed by atoms with Gasteiger partial charge in [0.15, 0.2) is 0 Å². The first kappa shape index (κ1) is 38.4. The number of nitrogens with zero attached hydrogens (tertiary/aromatic N) is 2. The van der Waals surface area contributed by atoms with Crippen LogP contribution in [0.4, 0.5) is 14.5 Å². The van der Waals surface area contributed by atoms with Gasteiger partial charge in [-0.25, -0.2) is 13.6 Å². The summed E-state index contributed by atoms with van der Waals surface area (Å²) >= 11 is 12.4. The van der Waals surface area contributed by atoms with E-state index in [2.05, 4.69) is 21.6 Å². The van der Waals surface area contributed by atoms with Crippen molar-refractivity contribution in [1.29, 1.82) is 5.26 Å². The molecule has 2 fully saturated rings. The molecule has 0 radical (unpaired) electrons. The van der Waals surface area contributed by atoms with E-state index in [1.54, 1.807) is 0 Å². The molecule has 3 aromatic carbocycles. The highest BCUT2D eigenvalue weighted by molar-refractivity contribution is 6.31. The summed E-state index contributed by atoms with van der Waals surface area (Å²) in [5.74, 6) is -3.87. The summed E-state index contributed by atoms with van der Waals surface area (Å²) < 4.78 is 48.5. The highest BCUT2D eigenvalue weighted by Crippen LogP contribution is 2.53. The van der Waals surface area contributed by atoms with Gasteiger partial charge in [0, 0.05) is 41.7 Å². The van der Waals surface area contributed by atoms with Gasteiger partial charge in [0.2, 0.25) is 5.91 Å². The number of hydrogen-bond acceptors (Lipinski definition) is 8. The lowest BCUT2D eigenvalue weighted by Crippen LogP contribution is -2.45. The molecule has 0 spiro atoms. The maximum Gasteiger partial charge on any atom is 0.338 e. The minimum atomic E-state index is -1.79. The fraction of sp³-hybridized carbons (Fsp3) is 0.447. The first-order valence-electron chi connectivity index (χ1n) is 16.7. The van der Waals surface area contributed by atoms with Crippen LogP contribution in [-0.2, 0) is 19.7 Å². The molecule has 51 heavy (non-hydrogen) atoms. The molecular formula is C38H42Cl2F2N4O5. The van der Waals surface area contributed by atoms with Gasteiger partial charge in [-0.15, -0.1) is 0 Å². The average Bonchev–Trinajstić information content (AvgIpc) is 3.41. The van der Waals surface area contributed by atoms with Gasteiger partial charge in [-0.3, -0.25) is 9.69 Å². The fourth-order valence-electron chi connectivity index (χ4n) is 7.09. The number of benzene rings is 3. The largest absolute Gasteiger partial charge is 0.495 e. The number of hydrogen-bond donors (Lipinski definition) is 2. The van der Waals surface area contributed by atoms with Crippen LogP contribution in [0.15, 0.2) is 54.6 Å². The van der Waals surface area contributed by atoms with Gasteiger partial charge >= 0.3 is 5.97 Å². The molecule has 2 aliphatic rings. The van der Waals surface area contributed by atoms with Crippen molar-refractivity contribution in [2.75, 3.05) is 45.3 Å². The lowest BCUT2D eigenvalue weighted by Gasteiger charge is -2.37. The molecule has 2 heterocycles. The SMILES string of the molecule is COc1cc(C(=O)OCC(C)N2CCOCC2)ccc1NC(=O)[C@@H]1N[C@@H](CC(C)(C)C)[C@](C#N)(c2ccc(Cl)cc2F)[C@H]1c1cccc(Cl)c1F. The molecular weight excluding hydrogens is 701 g/mol. The highest BCUT2D eigenvalue weighted by Gasteiger charge is 2.61. The van der Waals surface area contributed by atoms with Crippen molar-refractivity contribution in [1.82, 2.24) is 10.2 Å². The Morgan fingerprint density at radius 3 is 2.51 bits per heavy atom. The van der Waals surface area contributed by atoms with Crippen molar-refractivity contribution < 1.29 is 32.6 Å². The minimum absolute atomic E-state index is 0.00140. The zero-order valence-corrected chi connectivity index (χ0v) is 30.7. The highest BCUT2D eigenvalue weighted by atomic mass is 35.5. The number of rotatable bonds is 10. The van der Waals surface area contributed by atoms with E-state index in [4.69, 9.17) is 37.4 Å². The number of carbonyl (C=O) groups is 2. The van der Waals surface area contributed by atoms with Gasteiger partial charge in [-0.1, -0.05) is 62.2 Å². The van der Waals surface area contributed by atoms with Crippen molar-refractivity contribution in [3.05, 3.63) is 93.0 Å². The van der Waals surface area contributed by atoms with Gasteiger partial charge in [-0.2, -0.15) is 5.26 Å². The van der Waals surface area contributed by atoms with Crippen LogP contribution in [0, 0.1) is 28.4 Å². The normalized spacial score (nSPS) is 22.9. The second-order valence-corrected chi connectivity index (χ2v) is 15.0. The number of esters is 1. The smallest absolute Gasteiger partial charge is 0.338 e. The molecule has 2 saturated heterocycles. The number of halogens is 4.